The number of nitrogens with one attached hydrogen (secondary N) is 1. The summed E-state index contributed by atoms with van der Waals surface area (Å²) in [6, 6.07) is 9.63. The number of anilines is 1. The van der Waals surface area contributed by atoms with Crippen LogP contribution < -0.4 is 10.2 Å². The van der Waals surface area contributed by atoms with Crippen LogP contribution in [0.25, 0.3) is 10.9 Å². The fourth-order valence-corrected chi connectivity index (χ4v) is 6.09. The minimum Gasteiger partial charge on any atom is -0.370 e. The van der Waals surface area contributed by atoms with Crippen LogP contribution in [0.3, 0.4) is 0 Å². The van der Waals surface area contributed by atoms with Gasteiger partial charge >= 0.3 is 0 Å². The molecule has 2 atom stereocenters. The zero-order valence-electron chi connectivity index (χ0n) is 18.4. The molecule has 32 heavy (non-hydrogen) atoms. The third-order valence-electron chi connectivity index (χ3n) is 8.10. The van der Waals surface area contributed by atoms with Crippen LogP contribution in [0, 0.1) is 28.6 Å². The fourth-order valence-electron chi connectivity index (χ4n) is 6.09. The number of pyridine rings is 1. The van der Waals surface area contributed by atoms with Crippen molar-refractivity contribution in [3.63, 3.8) is 0 Å². The van der Waals surface area contributed by atoms with Crippen molar-refractivity contribution in [2.45, 2.75) is 32.1 Å². The van der Waals surface area contributed by atoms with Crippen LogP contribution in [0.4, 0.5) is 14.5 Å². The van der Waals surface area contributed by atoms with Crippen LogP contribution in [0.2, 0.25) is 0 Å². The molecule has 5 nitrogen and oxygen atoms in total. The molecule has 0 aliphatic carbocycles. The lowest BCUT2D eigenvalue weighted by Crippen LogP contribution is -2.47. The Balaban J connectivity index is 1.31. The average molecular weight is 440 g/mol. The Morgan fingerprint density at radius 1 is 1.12 bits per heavy atom. The summed E-state index contributed by atoms with van der Waals surface area (Å²) in [4.78, 5) is 8.90. The van der Waals surface area contributed by atoms with Gasteiger partial charge < -0.3 is 15.1 Å². The Hall–Kier alpha value is -2.30. The number of benzene rings is 1. The van der Waals surface area contributed by atoms with E-state index in [1.807, 2.05) is 18.2 Å². The molecule has 0 bridgehead atoms. The molecule has 1 spiro atoms. The Morgan fingerprint density at radius 2 is 1.91 bits per heavy atom. The van der Waals surface area contributed by atoms with E-state index >= 15 is 0 Å². The van der Waals surface area contributed by atoms with Crippen molar-refractivity contribution in [1.82, 2.24) is 15.2 Å². The number of alkyl halides is 2. The summed E-state index contributed by atoms with van der Waals surface area (Å²) in [5.41, 5.74) is 2.55. The molecule has 3 aliphatic heterocycles. The first-order valence-electron chi connectivity index (χ1n) is 11.8. The van der Waals surface area contributed by atoms with Gasteiger partial charge in [-0.1, -0.05) is 0 Å². The van der Waals surface area contributed by atoms with Gasteiger partial charge in [0.2, 0.25) is 6.43 Å². The molecule has 3 saturated heterocycles. The zero-order chi connectivity index (χ0) is 22.1. The maximum atomic E-state index is 14.0. The van der Waals surface area contributed by atoms with E-state index < -0.39 is 12.3 Å². The molecule has 2 aromatic rings. The molecule has 1 aromatic heterocycles. The Labute approximate surface area is 188 Å². The van der Waals surface area contributed by atoms with Crippen LogP contribution in [0.1, 0.15) is 31.2 Å². The Morgan fingerprint density at radius 3 is 2.62 bits per heavy atom. The number of halogens is 2. The molecule has 3 aliphatic rings. The first-order valence-corrected chi connectivity index (χ1v) is 11.8. The van der Waals surface area contributed by atoms with Gasteiger partial charge in [-0.25, -0.2) is 8.78 Å². The molecular formula is C25H31F2N5. The van der Waals surface area contributed by atoms with E-state index in [2.05, 4.69) is 26.2 Å². The second-order valence-electron chi connectivity index (χ2n) is 9.86. The Bertz CT molecular complexity index is 987. The van der Waals surface area contributed by atoms with E-state index in [1.165, 1.54) is 25.7 Å². The normalized spacial score (nSPS) is 26.1. The molecule has 0 radical (unpaired) electrons. The number of aromatic nitrogens is 1. The summed E-state index contributed by atoms with van der Waals surface area (Å²) in [6.07, 6.45) is 4.22. The van der Waals surface area contributed by atoms with Crippen molar-refractivity contribution < 1.29 is 8.78 Å². The van der Waals surface area contributed by atoms with Crippen molar-refractivity contribution in [3.8, 4) is 6.07 Å². The minimum atomic E-state index is -2.33. The molecule has 5 rings (SSSR count). The van der Waals surface area contributed by atoms with E-state index in [1.54, 1.807) is 12.3 Å². The van der Waals surface area contributed by atoms with Crippen LogP contribution in [0.5, 0.6) is 0 Å². The summed E-state index contributed by atoms with van der Waals surface area (Å²) in [6.45, 7) is 5.98. The SMILES string of the molecule is N#Cc1ccc(N2CC(CN3CCC4(CCNCC4)CC3)C(C(F)F)C2)c2cccnc12. The van der Waals surface area contributed by atoms with Gasteiger partial charge in [0.15, 0.2) is 0 Å². The van der Waals surface area contributed by atoms with Crippen molar-refractivity contribution in [1.29, 1.82) is 5.26 Å². The number of nitrogens with zero attached hydrogens (tertiary/aromatic N) is 4. The Kier molecular flexibility index (Phi) is 6.00. The summed E-state index contributed by atoms with van der Waals surface area (Å²) >= 11 is 0. The zero-order valence-corrected chi connectivity index (χ0v) is 18.4. The third-order valence-corrected chi connectivity index (χ3v) is 8.10. The number of nitriles is 1. The molecule has 1 aromatic carbocycles. The molecular weight excluding hydrogens is 408 g/mol. The lowest BCUT2D eigenvalue weighted by molar-refractivity contribution is 0.0322. The highest BCUT2D eigenvalue weighted by Crippen LogP contribution is 2.41. The number of hydrogen-bond acceptors (Lipinski definition) is 5. The van der Waals surface area contributed by atoms with Gasteiger partial charge in [-0.15, -0.1) is 0 Å². The third kappa shape index (κ3) is 4.06. The first-order chi connectivity index (χ1) is 15.6. The topological polar surface area (TPSA) is 55.2 Å². The van der Waals surface area contributed by atoms with Gasteiger partial charge in [-0.2, -0.15) is 5.26 Å². The molecule has 170 valence electrons. The lowest BCUT2D eigenvalue weighted by Gasteiger charge is -2.45. The first kappa shape index (κ1) is 21.5. The molecule has 0 saturated carbocycles. The molecule has 4 heterocycles. The number of rotatable bonds is 4. The maximum absolute atomic E-state index is 14.0. The molecule has 3 fully saturated rings. The summed E-state index contributed by atoms with van der Waals surface area (Å²) in [7, 11) is 0. The smallest absolute Gasteiger partial charge is 0.243 e. The highest BCUT2D eigenvalue weighted by atomic mass is 19.3. The number of piperidine rings is 2. The van der Waals surface area contributed by atoms with Gasteiger partial charge in [0.25, 0.3) is 0 Å². The van der Waals surface area contributed by atoms with E-state index in [9.17, 15) is 14.0 Å². The minimum absolute atomic E-state index is 0.0561. The maximum Gasteiger partial charge on any atom is 0.243 e. The second-order valence-corrected chi connectivity index (χ2v) is 9.86. The van der Waals surface area contributed by atoms with Crippen LogP contribution >= 0.6 is 0 Å². The van der Waals surface area contributed by atoms with Crippen molar-refractivity contribution in [2.24, 2.45) is 17.3 Å². The largest absolute Gasteiger partial charge is 0.370 e. The number of fused-ring (bicyclic) bond motifs is 1. The number of hydrogen-bond donors (Lipinski definition) is 1. The van der Waals surface area contributed by atoms with E-state index in [0.717, 1.165) is 43.8 Å². The van der Waals surface area contributed by atoms with Crippen molar-refractivity contribution >= 4 is 16.6 Å². The predicted octanol–water partition coefficient (Wildman–Crippen LogP) is 3.89. The predicted molar refractivity (Wildman–Crippen MR) is 122 cm³/mol. The van der Waals surface area contributed by atoms with E-state index in [4.69, 9.17) is 0 Å². The van der Waals surface area contributed by atoms with Gasteiger partial charge in [0.05, 0.1) is 11.1 Å². The van der Waals surface area contributed by atoms with Crippen molar-refractivity contribution in [2.75, 3.05) is 50.7 Å². The molecule has 7 heteroatoms. The average Bonchev–Trinajstić information content (AvgIpc) is 3.24. The van der Waals surface area contributed by atoms with Crippen LogP contribution in [-0.4, -0.2) is 62.1 Å². The summed E-state index contributed by atoms with van der Waals surface area (Å²) < 4.78 is 28.1. The van der Waals surface area contributed by atoms with Gasteiger partial charge in [-0.05, 0) is 87.5 Å². The molecule has 1 N–H and O–H groups in total. The quantitative estimate of drug-likeness (QED) is 0.783. The monoisotopic (exact) mass is 439 g/mol. The lowest BCUT2D eigenvalue weighted by atomic mass is 9.71. The van der Waals surface area contributed by atoms with Crippen molar-refractivity contribution in [3.05, 3.63) is 36.0 Å². The summed E-state index contributed by atoms with van der Waals surface area (Å²) in [5, 5.41) is 13.7. The van der Waals surface area contributed by atoms with Gasteiger partial charge in [0.1, 0.15) is 6.07 Å². The van der Waals surface area contributed by atoms with Crippen LogP contribution in [0.15, 0.2) is 30.5 Å². The van der Waals surface area contributed by atoms with E-state index in [0.29, 0.717) is 29.6 Å². The molecule has 2 unspecified atom stereocenters. The summed E-state index contributed by atoms with van der Waals surface area (Å²) in [5.74, 6) is -0.688. The fraction of sp³-hybridized carbons (Fsp3) is 0.600. The highest BCUT2D eigenvalue weighted by Gasteiger charge is 2.42. The van der Waals surface area contributed by atoms with Gasteiger partial charge in [0, 0.05) is 42.8 Å². The van der Waals surface area contributed by atoms with E-state index in [-0.39, 0.29) is 5.92 Å². The highest BCUT2D eigenvalue weighted by molar-refractivity contribution is 5.95. The van der Waals surface area contributed by atoms with Crippen LogP contribution in [-0.2, 0) is 0 Å². The standard InChI is InChI=1S/C25H31F2N5/c26-24(27)21-17-32(22-4-3-18(14-28)23-20(22)2-1-9-30-23)16-19(21)15-31-12-7-25(8-13-31)5-10-29-11-6-25/h1-4,9,19,21,24,29H,5-8,10-13,15-17H2. The van der Waals surface area contributed by atoms with Gasteiger partial charge in [-0.3, -0.25) is 4.98 Å². The number of likely N-dealkylation sites (tertiary alicyclic amines) is 1. The molecule has 0 amide bonds. The second kappa shape index (κ2) is 8.92.